The number of benzene rings is 1. The van der Waals surface area contributed by atoms with Gasteiger partial charge in [0.25, 0.3) is 0 Å². The van der Waals surface area contributed by atoms with Crippen molar-refractivity contribution in [3.8, 4) is 0 Å². The van der Waals surface area contributed by atoms with Gasteiger partial charge < -0.3 is 18.9 Å². The minimum atomic E-state index is -0.319. The van der Waals surface area contributed by atoms with Gasteiger partial charge in [-0.3, -0.25) is 4.79 Å². The topological polar surface area (TPSA) is 54.0 Å². The highest BCUT2D eigenvalue weighted by Crippen LogP contribution is 2.44. The number of fused-ring (bicyclic) bond motifs is 3. The Morgan fingerprint density at radius 3 is 2.50 bits per heavy atom. The predicted octanol–water partition coefficient (Wildman–Crippen LogP) is 2.49. The molecule has 5 nitrogen and oxygen atoms in total. The second-order valence-corrected chi connectivity index (χ2v) is 7.79. The molecule has 4 aliphatic rings. The van der Waals surface area contributed by atoms with Gasteiger partial charge in [-0.1, -0.05) is 42.5 Å². The Labute approximate surface area is 153 Å². The molecule has 0 spiro atoms. The Hall–Kier alpha value is -1.69. The maximum Gasteiger partial charge on any atom is 0.310 e. The zero-order valence-electron chi connectivity index (χ0n) is 14.7. The maximum absolute atomic E-state index is 12.6. The van der Waals surface area contributed by atoms with Crippen molar-refractivity contribution >= 4 is 5.97 Å². The highest BCUT2D eigenvalue weighted by molar-refractivity contribution is 5.74. The average molecular weight is 356 g/mol. The van der Waals surface area contributed by atoms with Crippen LogP contribution in [0.1, 0.15) is 18.4 Å². The minimum Gasteiger partial charge on any atom is -0.457 e. The van der Waals surface area contributed by atoms with Crippen molar-refractivity contribution in [1.29, 1.82) is 0 Å². The van der Waals surface area contributed by atoms with E-state index in [4.69, 9.17) is 18.9 Å². The normalized spacial score (nSPS) is 40.1. The van der Waals surface area contributed by atoms with E-state index in [9.17, 15) is 4.79 Å². The lowest BCUT2D eigenvalue weighted by Crippen LogP contribution is -2.36. The molecule has 2 bridgehead atoms. The van der Waals surface area contributed by atoms with Crippen molar-refractivity contribution in [3.63, 3.8) is 0 Å². The van der Waals surface area contributed by atoms with Crippen LogP contribution in [-0.4, -0.2) is 43.6 Å². The van der Waals surface area contributed by atoms with Crippen LogP contribution >= 0.6 is 0 Å². The molecule has 2 aliphatic heterocycles. The molecule has 5 heteroatoms. The molecule has 2 aliphatic carbocycles. The second-order valence-electron chi connectivity index (χ2n) is 7.79. The summed E-state index contributed by atoms with van der Waals surface area (Å²) in [6.45, 7) is 1.40. The molecule has 2 saturated heterocycles. The standard InChI is InChI=1S/C21H24O5/c22-21(16-9-14-6-7-15(16)8-14)26-18-12-25-19-17(11-24-20(18)19)23-10-13-4-2-1-3-5-13/h1-7,14-20H,8-12H2/t14-,15+,16-,17-,18+,19?,20?/m0/s1. The molecular formula is C21H24O5. The van der Waals surface area contributed by atoms with E-state index in [0.29, 0.717) is 31.7 Å². The SMILES string of the molecule is O=C(O[C@@H]1COC2C1OC[C@@H]2OCc1ccccc1)[C@H]1C[C@H]2C=C[C@@H]1C2. The van der Waals surface area contributed by atoms with Crippen molar-refractivity contribution < 1.29 is 23.7 Å². The van der Waals surface area contributed by atoms with Crippen LogP contribution in [0.4, 0.5) is 0 Å². The summed E-state index contributed by atoms with van der Waals surface area (Å²) in [7, 11) is 0. The molecule has 2 unspecified atom stereocenters. The zero-order chi connectivity index (χ0) is 17.5. The molecule has 0 radical (unpaired) electrons. The van der Waals surface area contributed by atoms with Crippen LogP contribution in [0.3, 0.4) is 0 Å². The van der Waals surface area contributed by atoms with Crippen molar-refractivity contribution in [1.82, 2.24) is 0 Å². The minimum absolute atomic E-state index is 0.00980. The summed E-state index contributed by atoms with van der Waals surface area (Å²) in [5.41, 5.74) is 1.13. The van der Waals surface area contributed by atoms with Crippen LogP contribution < -0.4 is 0 Å². The zero-order valence-corrected chi connectivity index (χ0v) is 14.7. The summed E-state index contributed by atoms with van der Waals surface area (Å²) < 4.78 is 23.5. The van der Waals surface area contributed by atoms with Gasteiger partial charge in [0, 0.05) is 0 Å². The van der Waals surface area contributed by atoms with Gasteiger partial charge in [0.05, 0.1) is 25.7 Å². The van der Waals surface area contributed by atoms with Gasteiger partial charge in [-0.25, -0.2) is 0 Å². The summed E-state index contributed by atoms with van der Waals surface area (Å²) in [6.07, 6.45) is 5.62. The number of hydrogen-bond acceptors (Lipinski definition) is 5. The van der Waals surface area contributed by atoms with E-state index in [-0.39, 0.29) is 36.3 Å². The van der Waals surface area contributed by atoms with Crippen molar-refractivity contribution in [2.75, 3.05) is 13.2 Å². The van der Waals surface area contributed by atoms with E-state index < -0.39 is 0 Å². The lowest BCUT2D eigenvalue weighted by molar-refractivity contribution is -0.159. The monoisotopic (exact) mass is 356 g/mol. The Bertz CT molecular complexity index is 687. The summed E-state index contributed by atoms with van der Waals surface area (Å²) in [4.78, 5) is 12.6. The first-order valence-electron chi connectivity index (χ1n) is 9.55. The van der Waals surface area contributed by atoms with Crippen LogP contribution in [0.5, 0.6) is 0 Å². The summed E-state index contributed by atoms with van der Waals surface area (Å²) >= 11 is 0. The third kappa shape index (κ3) is 2.98. The fourth-order valence-electron chi connectivity index (χ4n) is 4.74. The molecule has 1 aromatic rings. The Morgan fingerprint density at radius 2 is 1.77 bits per heavy atom. The van der Waals surface area contributed by atoms with Gasteiger partial charge in [0.2, 0.25) is 0 Å². The van der Waals surface area contributed by atoms with Gasteiger partial charge >= 0.3 is 5.97 Å². The van der Waals surface area contributed by atoms with Crippen molar-refractivity contribution in [2.24, 2.45) is 17.8 Å². The number of allylic oxidation sites excluding steroid dienone is 2. The van der Waals surface area contributed by atoms with Crippen molar-refractivity contribution in [3.05, 3.63) is 48.0 Å². The number of carbonyl (C=O) groups excluding carboxylic acids is 1. The van der Waals surface area contributed by atoms with Crippen LogP contribution in [0, 0.1) is 17.8 Å². The molecule has 1 aromatic carbocycles. The molecule has 0 amide bonds. The first kappa shape index (κ1) is 16.5. The quantitative estimate of drug-likeness (QED) is 0.599. The number of esters is 1. The van der Waals surface area contributed by atoms with Crippen LogP contribution in [0.2, 0.25) is 0 Å². The Morgan fingerprint density at radius 1 is 1.00 bits per heavy atom. The van der Waals surface area contributed by atoms with Crippen LogP contribution in [-0.2, 0) is 30.3 Å². The largest absolute Gasteiger partial charge is 0.457 e. The molecule has 138 valence electrons. The Balaban J connectivity index is 1.15. The summed E-state index contributed by atoms with van der Waals surface area (Å²) in [5, 5.41) is 0. The number of rotatable bonds is 5. The molecular weight excluding hydrogens is 332 g/mol. The molecule has 1 saturated carbocycles. The van der Waals surface area contributed by atoms with E-state index in [2.05, 4.69) is 12.2 Å². The maximum atomic E-state index is 12.6. The van der Waals surface area contributed by atoms with Gasteiger partial charge in [-0.05, 0) is 30.2 Å². The fraction of sp³-hybridized carbons (Fsp3) is 0.571. The fourth-order valence-corrected chi connectivity index (χ4v) is 4.74. The van der Waals surface area contributed by atoms with Gasteiger partial charge in [0.15, 0.2) is 6.10 Å². The average Bonchev–Trinajstić information content (AvgIpc) is 3.44. The van der Waals surface area contributed by atoms with Crippen LogP contribution in [0.25, 0.3) is 0 Å². The number of hydrogen-bond donors (Lipinski definition) is 0. The summed E-state index contributed by atoms with van der Waals surface area (Å²) in [6, 6.07) is 10.1. The second kappa shape index (κ2) is 6.80. The van der Waals surface area contributed by atoms with E-state index in [1.807, 2.05) is 30.3 Å². The van der Waals surface area contributed by atoms with E-state index in [0.717, 1.165) is 18.4 Å². The highest BCUT2D eigenvalue weighted by atomic mass is 16.7. The van der Waals surface area contributed by atoms with Crippen molar-refractivity contribution in [2.45, 2.75) is 43.9 Å². The first-order valence-corrected chi connectivity index (χ1v) is 9.55. The highest BCUT2D eigenvalue weighted by Gasteiger charge is 2.51. The lowest BCUT2D eigenvalue weighted by atomic mass is 9.94. The molecule has 0 N–H and O–H groups in total. The molecule has 0 aromatic heterocycles. The third-order valence-corrected chi connectivity index (χ3v) is 6.12. The lowest BCUT2D eigenvalue weighted by Gasteiger charge is -2.21. The number of ether oxygens (including phenoxy) is 4. The van der Waals surface area contributed by atoms with Gasteiger partial charge in [0.1, 0.15) is 18.3 Å². The predicted molar refractivity (Wildman–Crippen MR) is 93.2 cm³/mol. The van der Waals surface area contributed by atoms with Gasteiger partial charge in [-0.2, -0.15) is 0 Å². The van der Waals surface area contributed by atoms with E-state index >= 15 is 0 Å². The number of carbonyl (C=O) groups is 1. The van der Waals surface area contributed by atoms with Gasteiger partial charge in [-0.15, -0.1) is 0 Å². The Kier molecular flexibility index (Phi) is 4.31. The first-order chi connectivity index (χ1) is 12.8. The van der Waals surface area contributed by atoms with Crippen LogP contribution in [0.15, 0.2) is 42.5 Å². The molecule has 3 fully saturated rings. The molecule has 7 atom stereocenters. The van der Waals surface area contributed by atoms with E-state index in [1.54, 1.807) is 0 Å². The molecule has 26 heavy (non-hydrogen) atoms. The molecule has 2 heterocycles. The molecule has 5 rings (SSSR count). The third-order valence-electron chi connectivity index (χ3n) is 6.12. The smallest absolute Gasteiger partial charge is 0.310 e. The summed E-state index contributed by atoms with van der Waals surface area (Å²) in [5.74, 6) is 0.838. The van der Waals surface area contributed by atoms with E-state index in [1.165, 1.54) is 0 Å².